The van der Waals surface area contributed by atoms with Gasteiger partial charge in [-0.3, -0.25) is 8.75 Å². The van der Waals surface area contributed by atoms with Gasteiger partial charge >= 0.3 is 0 Å². The average molecular weight is 359 g/mol. The molecule has 2 aromatic rings. The number of benzene rings is 2. The summed E-state index contributed by atoms with van der Waals surface area (Å²) in [4.78, 5) is 0. The third kappa shape index (κ3) is 4.06. The van der Waals surface area contributed by atoms with Crippen LogP contribution in [0, 0.1) is 0 Å². The molecule has 0 aromatic heterocycles. The lowest BCUT2D eigenvalue weighted by Gasteiger charge is -2.26. The largest absolute Gasteiger partial charge is 0.324 e. The van der Waals surface area contributed by atoms with Crippen LogP contribution < -0.4 is 5.30 Å². The molecule has 0 aliphatic rings. The molecule has 3 atom stereocenters. The molecule has 0 aliphatic heterocycles. The monoisotopic (exact) mass is 358 g/mol. The lowest BCUT2D eigenvalue weighted by atomic mass is 10.2. The number of halogens is 1. The second kappa shape index (κ2) is 8.04. The molecule has 7 heteroatoms. The molecule has 0 radical (unpaired) electrons. The summed E-state index contributed by atoms with van der Waals surface area (Å²) in [7, 11) is -0.0679. The Morgan fingerprint density at radius 3 is 2.14 bits per heavy atom. The Balaban J connectivity index is 2.54. The highest BCUT2D eigenvalue weighted by atomic mass is 35.7. The standard InChI is InChI=1S/C15H16ClO4PS/c1-2-19-21(17,14-11-7-4-8-12-14)15(20-22(16)18)13-9-5-3-6-10-13/h3-12,15H,2H2,1H3. The van der Waals surface area contributed by atoms with E-state index in [1.165, 1.54) is 0 Å². The van der Waals surface area contributed by atoms with E-state index in [2.05, 4.69) is 0 Å². The van der Waals surface area contributed by atoms with E-state index in [-0.39, 0.29) is 6.61 Å². The summed E-state index contributed by atoms with van der Waals surface area (Å²) in [5.41, 5.74) is 0.595. The summed E-state index contributed by atoms with van der Waals surface area (Å²) in [5.74, 6) is -1.03. The highest BCUT2D eigenvalue weighted by Crippen LogP contribution is 2.59. The second-order valence-corrected chi connectivity index (χ2v) is 8.18. The molecule has 0 heterocycles. The van der Waals surface area contributed by atoms with Crippen LogP contribution in [-0.2, 0) is 23.6 Å². The van der Waals surface area contributed by atoms with Gasteiger partial charge in [0.1, 0.15) is 0 Å². The van der Waals surface area contributed by atoms with Crippen molar-refractivity contribution < 1.29 is 17.5 Å². The van der Waals surface area contributed by atoms with Crippen molar-refractivity contribution in [3.05, 3.63) is 66.2 Å². The van der Waals surface area contributed by atoms with Gasteiger partial charge in [-0.25, -0.2) is 4.21 Å². The molecule has 0 aliphatic carbocycles. The number of hydrogen-bond acceptors (Lipinski definition) is 4. The Kier molecular flexibility index (Phi) is 6.36. The minimum Gasteiger partial charge on any atom is -0.324 e. The van der Waals surface area contributed by atoms with Crippen LogP contribution in [0.25, 0.3) is 0 Å². The molecule has 4 nitrogen and oxygen atoms in total. The van der Waals surface area contributed by atoms with Crippen molar-refractivity contribution >= 4 is 33.6 Å². The van der Waals surface area contributed by atoms with E-state index >= 15 is 0 Å². The first-order valence-corrected chi connectivity index (χ1v) is 10.3. The molecule has 2 rings (SSSR count). The van der Waals surface area contributed by atoms with Gasteiger partial charge < -0.3 is 4.52 Å². The van der Waals surface area contributed by atoms with Crippen molar-refractivity contribution in [1.82, 2.24) is 0 Å². The summed E-state index contributed by atoms with van der Waals surface area (Å²) in [6, 6.07) is 17.6. The average Bonchev–Trinajstić information content (AvgIpc) is 2.54. The van der Waals surface area contributed by atoms with Gasteiger partial charge in [0.25, 0.3) is 17.7 Å². The van der Waals surface area contributed by atoms with Gasteiger partial charge in [-0.15, -0.1) is 0 Å². The molecule has 3 unspecified atom stereocenters. The van der Waals surface area contributed by atoms with E-state index in [1.807, 2.05) is 12.1 Å². The third-order valence-corrected chi connectivity index (χ3v) is 6.38. The van der Waals surface area contributed by atoms with Crippen LogP contribution in [-0.4, -0.2) is 10.8 Å². The van der Waals surface area contributed by atoms with Crippen molar-refractivity contribution in [2.24, 2.45) is 0 Å². The summed E-state index contributed by atoms with van der Waals surface area (Å²) in [6.07, 6.45) is 0. The minimum atomic E-state index is -3.46. The predicted molar refractivity (Wildman–Crippen MR) is 89.6 cm³/mol. The van der Waals surface area contributed by atoms with E-state index in [4.69, 9.17) is 19.4 Å². The fourth-order valence-corrected chi connectivity index (χ4v) is 5.51. The predicted octanol–water partition coefficient (Wildman–Crippen LogP) is 4.16. The molecule has 0 spiro atoms. The Morgan fingerprint density at radius 2 is 1.64 bits per heavy atom. The maximum absolute atomic E-state index is 13.5. The smallest absolute Gasteiger partial charge is 0.265 e. The zero-order valence-corrected chi connectivity index (χ0v) is 14.4. The lowest BCUT2D eigenvalue weighted by molar-refractivity contribution is 0.259. The van der Waals surface area contributed by atoms with Crippen molar-refractivity contribution in [3.8, 4) is 0 Å². The molecule has 118 valence electrons. The molecule has 0 saturated carbocycles. The lowest BCUT2D eigenvalue weighted by Crippen LogP contribution is -2.17. The quantitative estimate of drug-likeness (QED) is 0.551. The maximum atomic E-state index is 13.5. The van der Waals surface area contributed by atoms with Crippen molar-refractivity contribution in [3.63, 3.8) is 0 Å². The molecule has 0 saturated heterocycles. The second-order valence-electron chi connectivity index (χ2n) is 4.40. The van der Waals surface area contributed by atoms with Crippen molar-refractivity contribution in [2.45, 2.75) is 12.8 Å². The van der Waals surface area contributed by atoms with Crippen LogP contribution in [0.5, 0.6) is 0 Å². The molecule has 0 amide bonds. The molecule has 2 aromatic carbocycles. The fourth-order valence-electron chi connectivity index (χ4n) is 2.10. The molecular weight excluding hydrogens is 343 g/mol. The van der Waals surface area contributed by atoms with Crippen LogP contribution in [0.3, 0.4) is 0 Å². The third-order valence-electron chi connectivity index (χ3n) is 3.00. The van der Waals surface area contributed by atoms with Crippen LogP contribution in [0.2, 0.25) is 0 Å². The van der Waals surface area contributed by atoms with Crippen LogP contribution in [0.1, 0.15) is 18.3 Å². The first-order valence-electron chi connectivity index (χ1n) is 6.68. The number of hydrogen-bond donors (Lipinski definition) is 0. The van der Waals surface area contributed by atoms with Crippen LogP contribution >= 0.6 is 18.1 Å². The highest BCUT2D eigenvalue weighted by molar-refractivity contribution is 8.04. The summed E-state index contributed by atoms with van der Waals surface area (Å²) in [6.45, 7) is 1.98. The van der Waals surface area contributed by atoms with E-state index in [0.29, 0.717) is 10.9 Å². The Bertz CT molecular complexity index is 666. The summed E-state index contributed by atoms with van der Waals surface area (Å²) >= 11 is 0. The van der Waals surface area contributed by atoms with E-state index in [9.17, 15) is 8.77 Å². The van der Waals surface area contributed by atoms with Gasteiger partial charge in [0.05, 0.1) is 6.61 Å². The van der Waals surface area contributed by atoms with Gasteiger partial charge in [-0.05, 0) is 24.6 Å². The summed E-state index contributed by atoms with van der Waals surface area (Å²) in [5, 5.41) is 0.493. The molecular formula is C15H16ClO4PS. The van der Waals surface area contributed by atoms with E-state index in [1.54, 1.807) is 55.5 Å². The van der Waals surface area contributed by atoms with E-state index in [0.717, 1.165) is 0 Å². The summed E-state index contributed by atoms with van der Waals surface area (Å²) < 4.78 is 35.7. The first-order chi connectivity index (χ1) is 10.6. The normalized spacial score (nSPS) is 16.6. The first kappa shape index (κ1) is 17.4. The van der Waals surface area contributed by atoms with Crippen molar-refractivity contribution in [2.75, 3.05) is 6.61 Å². The van der Waals surface area contributed by atoms with Crippen molar-refractivity contribution in [1.29, 1.82) is 0 Å². The zero-order chi connectivity index (χ0) is 16.0. The van der Waals surface area contributed by atoms with Gasteiger partial charge in [-0.2, -0.15) is 0 Å². The Labute approximate surface area is 137 Å². The Hall–Kier alpha value is -0.970. The van der Waals surface area contributed by atoms with Crippen LogP contribution in [0.4, 0.5) is 0 Å². The molecule has 22 heavy (non-hydrogen) atoms. The SMILES string of the molecule is CCOP(=O)(c1ccccc1)C(OS(=O)Cl)c1ccccc1. The van der Waals surface area contributed by atoms with Gasteiger partial charge in [-0.1, -0.05) is 48.5 Å². The van der Waals surface area contributed by atoms with Crippen LogP contribution in [0.15, 0.2) is 60.7 Å². The van der Waals surface area contributed by atoms with Gasteiger partial charge in [0.2, 0.25) is 0 Å². The van der Waals surface area contributed by atoms with Gasteiger partial charge in [0.15, 0.2) is 5.85 Å². The van der Waals surface area contributed by atoms with E-state index < -0.39 is 23.5 Å². The highest BCUT2D eigenvalue weighted by Gasteiger charge is 2.39. The zero-order valence-electron chi connectivity index (χ0n) is 11.9. The Morgan fingerprint density at radius 1 is 1.09 bits per heavy atom. The van der Waals surface area contributed by atoms with Gasteiger partial charge in [0, 0.05) is 16.0 Å². The fraction of sp³-hybridized carbons (Fsp3) is 0.200. The minimum absolute atomic E-state index is 0.230. The number of rotatable bonds is 7. The molecule has 0 fully saturated rings. The maximum Gasteiger partial charge on any atom is 0.265 e. The molecule has 0 bridgehead atoms. The topological polar surface area (TPSA) is 52.6 Å². The molecule has 0 N–H and O–H groups in total.